The van der Waals surface area contributed by atoms with Crippen LogP contribution in [0.1, 0.15) is 18.6 Å². The molecule has 1 aromatic rings. The number of ether oxygens (including phenoxy) is 3. The van der Waals surface area contributed by atoms with Crippen molar-refractivity contribution in [2.24, 2.45) is 0 Å². The summed E-state index contributed by atoms with van der Waals surface area (Å²) in [6.45, 7) is 2.27. The number of carbonyl (C=O) groups excluding carboxylic acids is 1. The fraction of sp³-hybridized carbons (Fsp3) is 0.462. The molecule has 2 rings (SSSR count). The summed E-state index contributed by atoms with van der Waals surface area (Å²) in [5.41, 5.74) is -0.0831. The zero-order chi connectivity index (χ0) is 15.6. The molecule has 0 amide bonds. The molecule has 116 valence electrons. The van der Waals surface area contributed by atoms with Crippen LogP contribution in [0.5, 0.6) is 11.5 Å². The third-order valence-corrected chi connectivity index (χ3v) is 4.03. The molecule has 0 saturated carbocycles. The fourth-order valence-electron chi connectivity index (χ4n) is 1.97. The van der Waals surface area contributed by atoms with Gasteiger partial charge in [-0.1, -0.05) is 0 Å². The van der Waals surface area contributed by atoms with Crippen LogP contribution in [0.15, 0.2) is 17.0 Å². The summed E-state index contributed by atoms with van der Waals surface area (Å²) >= 11 is 0. The van der Waals surface area contributed by atoms with Gasteiger partial charge in [0.15, 0.2) is 27.4 Å². The first-order chi connectivity index (χ1) is 9.84. The number of hydrogen-bond acceptors (Lipinski definition) is 7. The van der Waals surface area contributed by atoms with E-state index < -0.39 is 21.9 Å². The van der Waals surface area contributed by atoms with Gasteiger partial charge in [-0.2, -0.15) is 0 Å². The molecule has 0 aromatic heterocycles. The summed E-state index contributed by atoms with van der Waals surface area (Å²) < 4.78 is 39.1. The lowest BCUT2D eigenvalue weighted by atomic mass is 10.1. The van der Waals surface area contributed by atoms with Crippen molar-refractivity contribution in [1.82, 2.24) is 0 Å². The third-order valence-electron chi connectivity index (χ3n) is 2.88. The van der Waals surface area contributed by atoms with E-state index in [2.05, 4.69) is 0 Å². The van der Waals surface area contributed by atoms with Gasteiger partial charge in [-0.25, -0.2) is 13.2 Å². The van der Waals surface area contributed by atoms with Gasteiger partial charge in [-0.3, -0.25) is 0 Å². The van der Waals surface area contributed by atoms with E-state index in [1.807, 2.05) is 0 Å². The molecule has 1 atom stereocenters. The predicted octanol–water partition coefficient (Wildman–Crippen LogP) is 0.458. The zero-order valence-corrected chi connectivity index (χ0v) is 12.5. The Balaban J connectivity index is 2.54. The highest BCUT2D eigenvalue weighted by atomic mass is 32.2. The summed E-state index contributed by atoms with van der Waals surface area (Å²) in [6.07, 6.45) is -0.717. The lowest BCUT2D eigenvalue weighted by Gasteiger charge is -2.22. The molecule has 0 fully saturated rings. The van der Waals surface area contributed by atoms with Gasteiger partial charge in [0.1, 0.15) is 13.2 Å². The Kier molecular flexibility index (Phi) is 4.38. The molecule has 1 unspecified atom stereocenters. The average Bonchev–Trinajstić information content (AvgIpc) is 2.44. The minimum absolute atomic E-state index is 0.0780. The van der Waals surface area contributed by atoms with Gasteiger partial charge in [0.05, 0.1) is 11.5 Å². The van der Waals surface area contributed by atoms with Crippen molar-refractivity contribution >= 4 is 15.8 Å². The van der Waals surface area contributed by atoms with Gasteiger partial charge >= 0.3 is 5.97 Å². The van der Waals surface area contributed by atoms with E-state index in [-0.39, 0.29) is 28.6 Å². The highest BCUT2D eigenvalue weighted by Crippen LogP contribution is 2.37. The van der Waals surface area contributed by atoms with Crippen LogP contribution in [-0.2, 0) is 19.4 Å². The van der Waals surface area contributed by atoms with Crippen LogP contribution in [-0.4, -0.2) is 45.6 Å². The average molecular weight is 316 g/mol. The van der Waals surface area contributed by atoms with Crippen molar-refractivity contribution in [2.75, 3.05) is 26.1 Å². The zero-order valence-electron chi connectivity index (χ0n) is 11.7. The molecule has 0 radical (unpaired) electrons. The Morgan fingerprint density at radius 1 is 1.33 bits per heavy atom. The van der Waals surface area contributed by atoms with Crippen LogP contribution in [0.25, 0.3) is 0 Å². The fourth-order valence-corrected chi connectivity index (χ4v) is 2.89. The smallest absolute Gasteiger partial charge is 0.339 e. The van der Waals surface area contributed by atoms with Crippen LogP contribution < -0.4 is 9.47 Å². The Labute approximate surface area is 122 Å². The first-order valence-corrected chi connectivity index (χ1v) is 8.22. The second-order valence-electron chi connectivity index (χ2n) is 4.46. The second kappa shape index (κ2) is 5.90. The Bertz CT molecular complexity index is 651. The standard InChI is InChI=1S/C13H16O7S/c1-3-18-13(15)12(14)8-6-9-10(20-5-4-19-9)7-11(8)21(2,16)17/h6-7,12,14H,3-5H2,1-2H3. The summed E-state index contributed by atoms with van der Waals surface area (Å²) in [7, 11) is -3.66. The molecule has 0 bridgehead atoms. The van der Waals surface area contributed by atoms with Gasteiger partial charge in [0.2, 0.25) is 0 Å². The normalized spacial score (nSPS) is 15.4. The number of esters is 1. The molecular weight excluding hydrogens is 300 g/mol. The summed E-state index contributed by atoms with van der Waals surface area (Å²) in [6, 6.07) is 2.55. The van der Waals surface area contributed by atoms with Gasteiger partial charge in [-0.05, 0) is 13.0 Å². The van der Waals surface area contributed by atoms with Gasteiger partial charge in [-0.15, -0.1) is 0 Å². The van der Waals surface area contributed by atoms with Crippen LogP contribution in [0, 0.1) is 0 Å². The first kappa shape index (κ1) is 15.6. The molecule has 8 heteroatoms. The molecular formula is C13H16O7S. The molecule has 1 aromatic carbocycles. The van der Waals surface area contributed by atoms with Crippen LogP contribution >= 0.6 is 0 Å². The van der Waals surface area contributed by atoms with E-state index in [4.69, 9.17) is 14.2 Å². The van der Waals surface area contributed by atoms with E-state index >= 15 is 0 Å². The number of fused-ring (bicyclic) bond motifs is 1. The topological polar surface area (TPSA) is 99.1 Å². The largest absolute Gasteiger partial charge is 0.486 e. The number of carbonyl (C=O) groups is 1. The molecule has 1 heterocycles. The second-order valence-corrected chi connectivity index (χ2v) is 6.44. The maximum Gasteiger partial charge on any atom is 0.339 e. The molecule has 0 aliphatic carbocycles. The number of aliphatic hydroxyl groups excluding tert-OH is 1. The first-order valence-electron chi connectivity index (χ1n) is 6.33. The maximum absolute atomic E-state index is 11.9. The summed E-state index contributed by atoms with van der Waals surface area (Å²) in [5.74, 6) is -0.368. The van der Waals surface area contributed by atoms with Crippen molar-refractivity contribution in [3.8, 4) is 11.5 Å². The Morgan fingerprint density at radius 2 is 1.90 bits per heavy atom. The minimum atomic E-state index is -3.66. The Hall–Kier alpha value is -1.80. The molecule has 7 nitrogen and oxygen atoms in total. The molecule has 1 aliphatic heterocycles. The van der Waals surface area contributed by atoms with Crippen LogP contribution in [0.2, 0.25) is 0 Å². The van der Waals surface area contributed by atoms with Gasteiger partial charge < -0.3 is 19.3 Å². The molecule has 0 saturated heterocycles. The third kappa shape index (κ3) is 3.27. The number of benzene rings is 1. The quantitative estimate of drug-likeness (QED) is 0.805. The molecule has 0 spiro atoms. The lowest BCUT2D eigenvalue weighted by molar-refractivity contribution is -0.153. The number of sulfone groups is 1. The Morgan fingerprint density at radius 3 is 2.43 bits per heavy atom. The molecule has 21 heavy (non-hydrogen) atoms. The van der Waals surface area contributed by atoms with E-state index in [9.17, 15) is 18.3 Å². The van der Waals surface area contributed by atoms with Gasteiger partial charge in [0.25, 0.3) is 0 Å². The van der Waals surface area contributed by atoms with Crippen molar-refractivity contribution in [3.63, 3.8) is 0 Å². The number of aliphatic hydroxyl groups is 1. The van der Waals surface area contributed by atoms with E-state index in [0.717, 1.165) is 6.26 Å². The van der Waals surface area contributed by atoms with E-state index in [1.54, 1.807) is 6.92 Å². The van der Waals surface area contributed by atoms with Crippen LogP contribution in [0.4, 0.5) is 0 Å². The monoisotopic (exact) mass is 316 g/mol. The lowest BCUT2D eigenvalue weighted by Crippen LogP contribution is -2.20. The summed E-state index contributed by atoms with van der Waals surface area (Å²) in [5, 5.41) is 10.0. The highest BCUT2D eigenvalue weighted by Gasteiger charge is 2.29. The highest BCUT2D eigenvalue weighted by molar-refractivity contribution is 7.90. The van der Waals surface area contributed by atoms with Crippen molar-refractivity contribution in [3.05, 3.63) is 17.7 Å². The van der Waals surface area contributed by atoms with Crippen molar-refractivity contribution in [2.45, 2.75) is 17.9 Å². The molecule has 1 N–H and O–H groups in total. The van der Waals surface area contributed by atoms with E-state index in [1.165, 1.54) is 12.1 Å². The minimum Gasteiger partial charge on any atom is -0.486 e. The predicted molar refractivity (Wildman–Crippen MR) is 72.1 cm³/mol. The van der Waals surface area contributed by atoms with Gasteiger partial charge in [0, 0.05) is 17.9 Å². The van der Waals surface area contributed by atoms with Crippen molar-refractivity contribution < 1.29 is 32.5 Å². The van der Waals surface area contributed by atoms with E-state index in [0.29, 0.717) is 13.2 Å². The van der Waals surface area contributed by atoms with Crippen molar-refractivity contribution in [1.29, 1.82) is 0 Å². The number of hydrogen-bond donors (Lipinski definition) is 1. The summed E-state index contributed by atoms with van der Waals surface area (Å²) in [4.78, 5) is 11.5. The SMILES string of the molecule is CCOC(=O)C(O)c1cc2c(cc1S(C)(=O)=O)OCCO2. The van der Waals surface area contributed by atoms with Crippen LogP contribution in [0.3, 0.4) is 0 Å². The number of rotatable bonds is 4. The maximum atomic E-state index is 11.9. The molecule has 1 aliphatic rings.